The van der Waals surface area contributed by atoms with E-state index in [2.05, 4.69) is 0 Å². The van der Waals surface area contributed by atoms with Crippen molar-refractivity contribution in [3.05, 3.63) is 117 Å². The van der Waals surface area contributed by atoms with Crippen molar-refractivity contribution in [3.63, 3.8) is 0 Å². The van der Waals surface area contributed by atoms with Gasteiger partial charge in [-0.2, -0.15) is 58.7 Å². The number of benzene rings is 4. The van der Waals surface area contributed by atoms with Crippen LogP contribution in [0.1, 0.15) is 76.6 Å². The van der Waals surface area contributed by atoms with Gasteiger partial charge in [0.25, 0.3) is 0 Å². The molecule has 0 radical (unpaired) electrons. The average molecular weight is 819 g/mol. The molecule has 0 aromatic heterocycles. The number of hydrogen-bond acceptors (Lipinski definition) is 12. The van der Waals surface area contributed by atoms with E-state index in [9.17, 15) is 0 Å². The van der Waals surface area contributed by atoms with Crippen LogP contribution < -0.4 is 21.2 Å². The van der Waals surface area contributed by atoms with Crippen LogP contribution in [0.4, 0.5) is 0 Å². The van der Waals surface area contributed by atoms with Gasteiger partial charge in [-0.05, 0) is 102 Å². The van der Waals surface area contributed by atoms with E-state index < -0.39 is 31.8 Å². The Hall–Kier alpha value is -1.88. The highest BCUT2D eigenvalue weighted by molar-refractivity contribution is 7.67. The molecule has 0 amide bonds. The van der Waals surface area contributed by atoms with Gasteiger partial charge in [0.05, 0.1) is 0 Å². The fraction of sp³-hybridized carbons (Fsp3) is 0.351. The maximum Gasteiger partial charge on any atom is 0.441 e. The predicted molar refractivity (Wildman–Crippen MR) is 220 cm³/mol. The maximum absolute atomic E-state index is 8.98. The van der Waals surface area contributed by atoms with Crippen LogP contribution in [0.5, 0.6) is 0 Å². The second kappa shape index (κ2) is 21.4. The van der Waals surface area contributed by atoms with Crippen molar-refractivity contribution in [1.29, 1.82) is 0 Å². The molecule has 53 heavy (non-hydrogen) atoms. The van der Waals surface area contributed by atoms with Crippen molar-refractivity contribution >= 4 is 53.0 Å². The van der Waals surface area contributed by atoms with Crippen LogP contribution in [-0.2, 0) is 0 Å². The summed E-state index contributed by atoms with van der Waals surface area (Å²) in [5, 5.41) is 0.919. The Morgan fingerprint density at radius 1 is 0.283 bits per heavy atom. The molecule has 1 aliphatic rings. The van der Waals surface area contributed by atoms with Gasteiger partial charge >= 0.3 is 31.8 Å². The summed E-state index contributed by atoms with van der Waals surface area (Å²) in [6, 6.07) is 20.3. The van der Waals surface area contributed by atoms with Gasteiger partial charge in [-0.1, -0.05) is 103 Å². The van der Waals surface area contributed by atoms with Crippen molar-refractivity contribution < 1.29 is 58.7 Å². The first-order valence-corrected chi connectivity index (χ1v) is 23.3. The van der Waals surface area contributed by atoms with E-state index in [0.717, 1.165) is 22.3 Å². The first-order valence-electron chi connectivity index (χ1n) is 16.7. The zero-order chi connectivity index (χ0) is 40.9. The first-order chi connectivity index (χ1) is 24.1. The van der Waals surface area contributed by atoms with E-state index in [0.29, 0.717) is 22.3 Å². The van der Waals surface area contributed by atoms with E-state index in [-0.39, 0.29) is 21.2 Å². The van der Waals surface area contributed by atoms with Crippen molar-refractivity contribution in [1.82, 2.24) is 0 Å². The Morgan fingerprint density at radius 2 is 0.434 bits per heavy atom. The van der Waals surface area contributed by atoms with Crippen molar-refractivity contribution in [3.8, 4) is 0 Å². The molecule has 0 spiro atoms. The fourth-order valence-electron chi connectivity index (χ4n) is 5.45. The zero-order valence-corrected chi connectivity index (χ0v) is 35.2. The second-order valence-electron chi connectivity index (χ2n) is 13.2. The van der Waals surface area contributed by atoms with Crippen LogP contribution in [0.3, 0.4) is 0 Å². The van der Waals surface area contributed by atoms with Gasteiger partial charge in [-0.15, -0.1) is 0 Å². The summed E-state index contributed by atoms with van der Waals surface area (Å²) in [5.74, 6) is 0. The summed E-state index contributed by atoms with van der Waals surface area (Å²) in [4.78, 5) is 108. The topological polar surface area (TPSA) is 243 Å². The molecule has 0 aliphatic heterocycles. The van der Waals surface area contributed by atoms with Gasteiger partial charge in [0.2, 0.25) is 0 Å². The molecule has 1 saturated carbocycles. The Labute approximate surface area is 315 Å². The highest BCUT2D eigenvalue weighted by Gasteiger charge is 2.37. The SMILES string of the molecule is C1CCCC1.Cc1ccc([P+](O)(O)O)c(C)c1.Cc1ccc([P+](O)(O)O)c(C)c1.Cc1ccc([P+](O)(O)O)c(C)c1.Cc1ccc([P+](O)(O)O)c(C)c1. The molecular formula is C37H58O12P4+4. The molecule has 0 atom stereocenters. The van der Waals surface area contributed by atoms with Crippen LogP contribution in [0.2, 0.25) is 0 Å². The molecule has 0 heterocycles. The zero-order valence-electron chi connectivity index (χ0n) is 31.6. The molecule has 0 bridgehead atoms. The maximum atomic E-state index is 8.98. The fourth-order valence-corrected chi connectivity index (χ4v) is 8.70. The van der Waals surface area contributed by atoms with Gasteiger partial charge in [-0.3, -0.25) is 0 Å². The van der Waals surface area contributed by atoms with E-state index >= 15 is 0 Å². The summed E-state index contributed by atoms with van der Waals surface area (Å²) in [6.45, 7) is 14.6. The largest absolute Gasteiger partial charge is 0.441 e. The van der Waals surface area contributed by atoms with Crippen molar-refractivity contribution in [2.45, 2.75) is 87.5 Å². The van der Waals surface area contributed by atoms with Crippen molar-refractivity contribution in [2.75, 3.05) is 0 Å². The third-order valence-corrected chi connectivity index (χ3v) is 12.5. The Kier molecular flexibility index (Phi) is 19.9. The monoisotopic (exact) mass is 818 g/mol. The lowest BCUT2D eigenvalue weighted by Crippen LogP contribution is -2.12. The average Bonchev–Trinajstić information content (AvgIpc) is 3.56. The molecular weight excluding hydrogens is 760 g/mol. The third-order valence-electron chi connectivity index (χ3n) is 7.95. The Balaban J connectivity index is 0.000000338. The summed E-state index contributed by atoms with van der Waals surface area (Å²) >= 11 is 0. The predicted octanol–water partition coefficient (Wildman–Crippen LogP) is 4.62. The van der Waals surface area contributed by atoms with Gasteiger partial charge in [0.1, 0.15) is 0 Å². The minimum absolute atomic E-state index is 0.230. The number of aryl methyl sites for hydroxylation is 8. The molecule has 4 aromatic rings. The summed E-state index contributed by atoms with van der Waals surface area (Å²) in [7, 11) is -15.3. The highest BCUT2D eigenvalue weighted by Crippen LogP contribution is 2.46. The molecule has 4 aromatic carbocycles. The summed E-state index contributed by atoms with van der Waals surface area (Å²) in [6.07, 6.45) is 7.50. The Morgan fingerprint density at radius 3 is 0.547 bits per heavy atom. The highest BCUT2D eigenvalue weighted by atomic mass is 31.2. The van der Waals surface area contributed by atoms with Gasteiger partial charge in [0, 0.05) is 0 Å². The van der Waals surface area contributed by atoms with Gasteiger partial charge < -0.3 is 0 Å². The summed E-state index contributed by atoms with van der Waals surface area (Å²) in [5.41, 5.74) is 6.95. The van der Waals surface area contributed by atoms with E-state index in [1.54, 1.807) is 100 Å². The van der Waals surface area contributed by atoms with Crippen LogP contribution in [0.25, 0.3) is 0 Å². The Bertz CT molecular complexity index is 1480. The minimum atomic E-state index is -3.83. The second-order valence-corrected chi connectivity index (χ2v) is 19.7. The molecule has 294 valence electrons. The van der Waals surface area contributed by atoms with Crippen LogP contribution >= 0.6 is 31.8 Å². The van der Waals surface area contributed by atoms with Crippen molar-refractivity contribution in [2.24, 2.45) is 0 Å². The standard InChI is InChI=1S/4C8H12O3P.C5H10/c4*1-6-3-4-8(7(2)5-6)12(9,10)11;1-2-4-5-3-1/h4*3-5,9-11H,1-2H3;1-5H2/q4*+1;. The normalized spacial score (nSPS) is 12.9. The molecule has 16 heteroatoms. The quantitative estimate of drug-likeness (QED) is 0.126. The lowest BCUT2D eigenvalue weighted by atomic mass is 10.2. The molecule has 12 nitrogen and oxygen atoms in total. The van der Waals surface area contributed by atoms with Gasteiger partial charge in [-0.25, -0.2) is 0 Å². The number of hydrogen-bond donors (Lipinski definition) is 12. The molecule has 12 N–H and O–H groups in total. The van der Waals surface area contributed by atoms with Crippen LogP contribution in [-0.4, -0.2) is 58.7 Å². The minimum Gasteiger partial charge on any atom is -0.189 e. The number of rotatable bonds is 4. The van der Waals surface area contributed by atoms with E-state index in [1.807, 2.05) is 27.7 Å². The van der Waals surface area contributed by atoms with Crippen LogP contribution in [0.15, 0.2) is 72.8 Å². The summed E-state index contributed by atoms with van der Waals surface area (Å²) < 4.78 is 0. The molecule has 1 aliphatic carbocycles. The molecule has 5 rings (SSSR count). The first kappa shape index (κ1) is 49.1. The van der Waals surface area contributed by atoms with E-state index in [1.165, 1.54) is 32.1 Å². The van der Waals surface area contributed by atoms with Crippen LogP contribution in [0, 0.1) is 55.4 Å². The smallest absolute Gasteiger partial charge is 0.189 e. The molecule has 1 fully saturated rings. The lowest BCUT2D eigenvalue weighted by Gasteiger charge is -2.06. The molecule has 0 saturated heterocycles. The lowest BCUT2D eigenvalue weighted by molar-refractivity contribution is 0.345. The third kappa shape index (κ3) is 18.5. The molecule has 0 unspecified atom stereocenters. The van der Waals surface area contributed by atoms with E-state index in [4.69, 9.17) is 58.7 Å². The van der Waals surface area contributed by atoms with Gasteiger partial charge in [0.15, 0.2) is 21.2 Å².